The molecule has 0 radical (unpaired) electrons. The number of ether oxygens (including phenoxy) is 1. The van der Waals surface area contributed by atoms with Crippen LogP contribution in [0.3, 0.4) is 0 Å². The third-order valence-corrected chi connectivity index (χ3v) is 3.01. The van der Waals surface area contributed by atoms with Gasteiger partial charge in [0.15, 0.2) is 0 Å². The van der Waals surface area contributed by atoms with Gasteiger partial charge in [-0.3, -0.25) is 0 Å². The van der Waals surface area contributed by atoms with Gasteiger partial charge in [-0.15, -0.1) is 0 Å². The molecule has 1 rings (SSSR count). The highest BCUT2D eigenvalue weighted by atomic mass is 19.1. The van der Waals surface area contributed by atoms with Gasteiger partial charge in [0.1, 0.15) is 11.6 Å². The number of rotatable bonds is 7. The molecule has 1 atom stereocenters. The maximum atomic E-state index is 13.1. The van der Waals surface area contributed by atoms with E-state index >= 15 is 0 Å². The number of benzene rings is 1. The van der Waals surface area contributed by atoms with E-state index in [2.05, 4.69) is 5.32 Å². The van der Waals surface area contributed by atoms with Gasteiger partial charge in [-0.2, -0.15) is 0 Å². The lowest BCUT2D eigenvalue weighted by Gasteiger charge is -2.28. The summed E-state index contributed by atoms with van der Waals surface area (Å²) >= 11 is 0. The minimum atomic E-state index is -0.351. The number of halogens is 1. The van der Waals surface area contributed by atoms with Crippen LogP contribution in [0, 0.1) is 12.7 Å². The third-order valence-electron chi connectivity index (χ3n) is 3.01. The summed E-state index contributed by atoms with van der Waals surface area (Å²) in [6, 6.07) is 4.50. The zero-order valence-corrected chi connectivity index (χ0v) is 11.3. The first kappa shape index (κ1) is 14.9. The monoisotopic (exact) mass is 255 g/mol. The highest BCUT2D eigenvalue weighted by molar-refractivity contribution is 5.32. The highest BCUT2D eigenvalue weighted by Gasteiger charge is 2.21. The second-order valence-corrected chi connectivity index (χ2v) is 4.76. The van der Waals surface area contributed by atoms with E-state index in [0.717, 1.165) is 12.1 Å². The van der Waals surface area contributed by atoms with Gasteiger partial charge in [0, 0.05) is 18.0 Å². The second-order valence-electron chi connectivity index (χ2n) is 4.76. The standard InChI is InChI=1S/C14H22FNO2/c1-4-16-14(3,10-17)7-8-18-13-9-12(15)6-5-11(13)2/h5-6,9,16-17H,4,7-8,10H2,1-3H3. The fourth-order valence-corrected chi connectivity index (χ4v) is 1.77. The number of aliphatic hydroxyl groups excluding tert-OH is 1. The Balaban J connectivity index is 2.52. The van der Waals surface area contributed by atoms with Crippen LogP contribution in [0.15, 0.2) is 18.2 Å². The van der Waals surface area contributed by atoms with Crippen molar-refractivity contribution in [2.24, 2.45) is 0 Å². The van der Waals surface area contributed by atoms with E-state index < -0.39 is 0 Å². The quantitative estimate of drug-likeness (QED) is 0.785. The largest absolute Gasteiger partial charge is 0.493 e. The minimum absolute atomic E-state index is 0.0479. The van der Waals surface area contributed by atoms with E-state index in [4.69, 9.17) is 4.74 Å². The van der Waals surface area contributed by atoms with Crippen molar-refractivity contribution in [3.8, 4) is 5.75 Å². The summed E-state index contributed by atoms with van der Waals surface area (Å²) in [7, 11) is 0. The van der Waals surface area contributed by atoms with Crippen molar-refractivity contribution in [1.29, 1.82) is 0 Å². The van der Waals surface area contributed by atoms with E-state index in [9.17, 15) is 9.50 Å². The Labute approximate surface area is 108 Å². The van der Waals surface area contributed by atoms with Crippen molar-refractivity contribution < 1.29 is 14.2 Å². The lowest BCUT2D eigenvalue weighted by atomic mass is 10.00. The van der Waals surface area contributed by atoms with E-state index in [1.165, 1.54) is 12.1 Å². The van der Waals surface area contributed by atoms with Crippen LogP contribution in [0.25, 0.3) is 0 Å². The molecule has 1 aromatic rings. The SMILES string of the molecule is CCNC(C)(CO)CCOc1cc(F)ccc1C. The molecule has 1 aromatic carbocycles. The van der Waals surface area contributed by atoms with Crippen LogP contribution in [-0.2, 0) is 0 Å². The number of hydrogen-bond acceptors (Lipinski definition) is 3. The summed E-state index contributed by atoms with van der Waals surface area (Å²) in [6.07, 6.45) is 0.660. The van der Waals surface area contributed by atoms with Gasteiger partial charge in [0.25, 0.3) is 0 Å². The number of likely N-dealkylation sites (N-methyl/N-ethyl adjacent to an activating group) is 1. The molecule has 0 saturated carbocycles. The molecule has 3 nitrogen and oxygen atoms in total. The normalized spacial score (nSPS) is 14.3. The van der Waals surface area contributed by atoms with Crippen LogP contribution in [0.2, 0.25) is 0 Å². The van der Waals surface area contributed by atoms with Crippen LogP contribution in [0.5, 0.6) is 5.75 Å². The Morgan fingerprint density at radius 3 is 2.78 bits per heavy atom. The van der Waals surface area contributed by atoms with Crippen molar-refractivity contribution >= 4 is 0 Å². The molecule has 0 aliphatic carbocycles. The van der Waals surface area contributed by atoms with E-state index in [1.807, 2.05) is 20.8 Å². The van der Waals surface area contributed by atoms with Crippen molar-refractivity contribution in [3.63, 3.8) is 0 Å². The maximum absolute atomic E-state index is 13.1. The third kappa shape index (κ3) is 4.27. The van der Waals surface area contributed by atoms with Crippen LogP contribution in [0.1, 0.15) is 25.8 Å². The van der Waals surface area contributed by atoms with Gasteiger partial charge in [0.2, 0.25) is 0 Å². The predicted molar refractivity (Wildman–Crippen MR) is 70.4 cm³/mol. The van der Waals surface area contributed by atoms with Crippen molar-refractivity contribution in [2.45, 2.75) is 32.7 Å². The molecule has 0 bridgehead atoms. The first-order valence-corrected chi connectivity index (χ1v) is 6.25. The Bertz CT molecular complexity index is 384. The Hall–Kier alpha value is -1.13. The molecule has 0 aliphatic rings. The summed E-state index contributed by atoms with van der Waals surface area (Å²) < 4.78 is 18.6. The number of aryl methyl sites for hydroxylation is 1. The zero-order valence-electron chi connectivity index (χ0n) is 11.3. The average molecular weight is 255 g/mol. The summed E-state index contributed by atoms with van der Waals surface area (Å²) in [5.41, 5.74) is 0.557. The molecular formula is C14H22FNO2. The van der Waals surface area contributed by atoms with Crippen molar-refractivity contribution in [3.05, 3.63) is 29.6 Å². The molecular weight excluding hydrogens is 233 g/mol. The molecule has 2 N–H and O–H groups in total. The number of nitrogens with one attached hydrogen (secondary N) is 1. The molecule has 102 valence electrons. The topological polar surface area (TPSA) is 41.5 Å². The molecule has 18 heavy (non-hydrogen) atoms. The van der Waals surface area contributed by atoms with E-state index in [-0.39, 0.29) is 18.0 Å². The van der Waals surface area contributed by atoms with Crippen molar-refractivity contribution in [1.82, 2.24) is 5.32 Å². The first-order valence-electron chi connectivity index (χ1n) is 6.25. The molecule has 0 saturated heterocycles. The van der Waals surface area contributed by atoms with Crippen LogP contribution in [0.4, 0.5) is 4.39 Å². The summed E-state index contributed by atoms with van der Waals surface area (Å²) in [5.74, 6) is 0.263. The second kappa shape index (κ2) is 6.71. The zero-order chi connectivity index (χ0) is 13.6. The summed E-state index contributed by atoms with van der Waals surface area (Å²) in [5, 5.41) is 12.6. The highest BCUT2D eigenvalue weighted by Crippen LogP contribution is 2.19. The smallest absolute Gasteiger partial charge is 0.126 e. The molecule has 0 spiro atoms. The minimum Gasteiger partial charge on any atom is -0.493 e. The fourth-order valence-electron chi connectivity index (χ4n) is 1.77. The predicted octanol–water partition coefficient (Wildman–Crippen LogP) is 2.26. The fraction of sp³-hybridized carbons (Fsp3) is 0.571. The first-order chi connectivity index (χ1) is 8.50. The summed E-state index contributed by atoms with van der Waals surface area (Å²) in [4.78, 5) is 0. The number of aliphatic hydroxyl groups is 1. The lowest BCUT2D eigenvalue weighted by Crippen LogP contribution is -2.46. The van der Waals surface area contributed by atoms with Gasteiger partial charge in [-0.05, 0) is 32.0 Å². The molecule has 0 aromatic heterocycles. The molecule has 0 aliphatic heterocycles. The van der Waals surface area contributed by atoms with Crippen molar-refractivity contribution in [2.75, 3.05) is 19.8 Å². The van der Waals surface area contributed by atoms with Crippen LogP contribution < -0.4 is 10.1 Å². The van der Waals surface area contributed by atoms with Gasteiger partial charge >= 0.3 is 0 Å². The Kier molecular flexibility index (Phi) is 5.56. The lowest BCUT2D eigenvalue weighted by molar-refractivity contribution is 0.145. The van der Waals surface area contributed by atoms with Gasteiger partial charge in [-0.1, -0.05) is 13.0 Å². The molecule has 0 heterocycles. The molecule has 4 heteroatoms. The maximum Gasteiger partial charge on any atom is 0.126 e. The van der Waals surface area contributed by atoms with Gasteiger partial charge in [-0.25, -0.2) is 4.39 Å². The van der Waals surface area contributed by atoms with Crippen LogP contribution in [-0.4, -0.2) is 30.4 Å². The van der Waals surface area contributed by atoms with Gasteiger partial charge < -0.3 is 15.2 Å². The van der Waals surface area contributed by atoms with Crippen LogP contribution >= 0.6 is 0 Å². The Morgan fingerprint density at radius 1 is 1.44 bits per heavy atom. The van der Waals surface area contributed by atoms with E-state index in [1.54, 1.807) is 6.07 Å². The molecule has 0 amide bonds. The molecule has 0 fully saturated rings. The van der Waals surface area contributed by atoms with E-state index in [0.29, 0.717) is 18.8 Å². The van der Waals surface area contributed by atoms with Gasteiger partial charge in [0.05, 0.1) is 13.2 Å². The average Bonchev–Trinajstić information content (AvgIpc) is 2.34. The Morgan fingerprint density at radius 2 is 2.17 bits per heavy atom. The summed E-state index contributed by atoms with van der Waals surface area (Å²) in [6.45, 7) is 7.09. The molecule has 1 unspecified atom stereocenters. The number of hydrogen-bond donors (Lipinski definition) is 2.